The number of nitrogens with zero attached hydrogens (tertiary/aromatic N) is 1. The molecule has 1 aliphatic rings. The van der Waals surface area contributed by atoms with Gasteiger partial charge < -0.3 is 15.3 Å². The smallest absolute Gasteiger partial charge is 0.311 e. The molecule has 1 heterocycles. The Bertz CT molecular complexity index is 597. The van der Waals surface area contributed by atoms with Crippen molar-refractivity contribution in [2.24, 2.45) is 5.41 Å². The van der Waals surface area contributed by atoms with E-state index in [2.05, 4.69) is 5.32 Å². The number of aliphatic carboxylic acids is 1. The normalized spacial score (nSPS) is 21.3. The molecule has 1 saturated heterocycles. The van der Waals surface area contributed by atoms with Crippen LogP contribution >= 0.6 is 0 Å². The van der Waals surface area contributed by atoms with Crippen LogP contribution < -0.4 is 5.32 Å². The standard InChI is InChI=1S/C16H20N2O4/c1-11(19)17-13-6-4-12(5-7-13)14(20)18-9-3-8-16(2,10-18)15(21)22/h4-7H,3,8-10H2,1-2H3,(H,17,19)(H,21,22). The van der Waals surface area contributed by atoms with Gasteiger partial charge in [0.15, 0.2) is 0 Å². The lowest BCUT2D eigenvalue weighted by Gasteiger charge is -2.37. The number of carbonyl (C=O) groups excluding carboxylic acids is 2. The first-order valence-electron chi connectivity index (χ1n) is 7.22. The molecular formula is C16H20N2O4. The molecule has 0 aliphatic carbocycles. The molecule has 6 heteroatoms. The lowest BCUT2D eigenvalue weighted by molar-refractivity contribution is -0.150. The Labute approximate surface area is 129 Å². The van der Waals surface area contributed by atoms with Gasteiger partial charge in [-0.25, -0.2) is 0 Å². The summed E-state index contributed by atoms with van der Waals surface area (Å²) in [5.41, 5.74) is 0.228. The van der Waals surface area contributed by atoms with Crippen LogP contribution in [0.1, 0.15) is 37.0 Å². The van der Waals surface area contributed by atoms with Crippen molar-refractivity contribution >= 4 is 23.5 Å². The fourth-order valence-corrected chi connectivity index (χ4v) is 2.67. The molecule has 0 bridgehead atoms. The number of anilines is 1. The van der Waals surface area contributed by atoms with Gasteiger partial charge in [0, 0.05) is 31.3 Å². The van der Waals surface area contributed by atoms with E-state index in [1.807, 2.05) is 0 Å². The van der Waals surface area contributed by atoms with Crippen LogP contribution in [-0.4, -0.2) is 40.9 Å². The van der Waals surface area contributed by atoms with Crippen molar-refractivity contribution < 1.29 is 19.5 Å². The highest BCUT2D eigenvalue weighted by Crippen LogP contribution is 2.30. The van der Waals surface area contributed by atoms with Gasteiger partial charge in [-0.1, -0.05) is 0 Å². The average molecular weight is 304 g/mol. The van der Waals surface area contributed by atoms with E-state index in [4.69, 9.17) is 0 Å². The van der Waals surface area contributed by atoms with Gasteiger partial charge in [-0.2, -0.15) is 0 Å². The zero-order chi connectivity index (χ0) is 16.3. The molecule has 0 radical (unpaired) electrons. The number of carboxylic acids is 1. The Kier molecular flexibility index (Phi) is 4.49. The van der Waals surface area contributed by atoms with E-state index in [-0.39, 0.29) is 18.4 Å². The number of carboxylic acid groups (broad SMARTS) is 1. The van der Waals surface area contributed by atoms with Crippen molar-refractivity contribution in [2.45, 2.75) is 26.7 Å². The number of benzene rings is 1. The summed E-state index contributed by atoms with van der Waals surface area (Å²) in [6.07, 6.45) is 1.26. The summed E-state index contributed by atoms with van der Waals surface area (Å²) in [6.45, 7) is 3.87. The minimum atomic E-state index is -0.885. The summed E-state index contributed by atoms with van der Waals surface area (Å²) in [4.78, 5) is 36.4. The summed E-state index contributed by atoms with van der Waals surface area (Å²) in [5, 5.41) is 11.9. The summed E-state index contributed by atoms with van der Waals surface area (Å²) >= 11 is 0. The highest BCUT2D eigenvalue weighted by atomic mass is 16.4. The number of rotatable bonds is 3. The molecule has 22 heavy (non-hydrogen) atoms. The van der Waals surface area contributed by atoms with Gasteiger partial charge in [-0.15, -0.1) is 0 Å². The second kappa shape index (κ2) is 6.17. The topological polar surface area (TPSA) is 86.7 Å². The van der Waals surface area contributed by atoms with Crippen LogP contribution in [0, 0.1) is 5.41 Å². The summed E-state index contributed by atoms with van der Waals surface area (Å²) in [6, 6.07) is 6.60. The molecule has 0 aromatic heterocycles. The van der Waals surface area contributed by atoms with Crippen molar-refractivity contribution in [1.29, 1.82) is 0 Å². The fourth-order valence-electron chi connectivity index (χ4n) is 2.67. The number of nitrogens with one attached hydrogen (secondary N) is 1. The number of hydrogen-bond acceptors (Lipinski definition) is 3. The van der Waals surface area contributed by atoms with Gasteiger partial charge in [-0.3, -0.25) is 14.4 Å². The number of likely N-dealkylation sites (tertiary alicyclic amines) is 1. The molecule has 6 nitrogen and oxygen atoms in total. The number of hydrogen-bond donors (Lipinski definition) is 2. The minimum Gasteiger partial charge on any atom is -0.481 e. The van der Waals surface area contributed by atoms with Gasteiger partial charge >= 0.3 is 5.97 Å². The molecule has 1 aromatic rings. The van der Waals surface area contributed by atoms with Crippen LogP contribution in [0.4, 0.5) is 5.69 Å². The SMILES string of the molecule is CC(=O)Nc1ccc(C(=O)N2CCCC(C)(C(=O)O)C2)cc1. The summed E-state index contributed by atoms with van der Waals surface area (Å²) < 4.78 is 0. The van der Waals surface area contributed by atoms with Crippen LogP contribution in [0.5, 0.6) is 0 Å². The molecule has 0 spiro atoms. The van der Waals surface area contributed by atoms with E-state index >= 15 is 0 Å². The number of amides is 2. The molecule has 1 aliphatic heterocycles. The van der Waals surface area contributed by atoms with E-state index in [1.165, 1.54) is 6.92 Å². The lowest BCUT2D eigenvalue weighted by atomic mass is 9.82. The molecule has 2 amide bonds. The third-order valence-electron chi connectivity index (χ3n) is 3.95. The zero-order valence-corrected chi connectivity index (χ0v) is 12.8. The summed E-state index contributed by atoms with van der Waals surface area (Å²) in [7, 11) is 0. The van der Waals surface area contributed by atoms with Crippen LogP contribution in [0.2, 0.25) is 0 Å². The van der Waals surface area contributed by atoms with Crippen molar-refractivity contribution in [2.75, 3.05) is 18.4 Å². The monoisotopic (exact) mass is 304 g/mol. The average Bonchev–Trinajstić information content (AvgIpc) is 2.46. The highest BCUT2D eigenvalue weighted by molar-refractivity contribution is 5.96. The van der Waals surface area contributed by atoms with Crippen molar-refractivity contribution in [3.63, 3.8) is 0 Å². The predicted molar refractivity (Wildman–Crippen MR) is 81.6 cm³/mol. The Morgan fingerprint density at radius 1 is 1.23 bits per heavy atom. The Morgan fingerprint density at radius 3 is 2.41 bits per heavy atom. The van der Waals surface area contributed by atoms with Gasteiger partial charge in [-0.05, 0) is 44.0 Å². The van der Waals surface area contributed by atoms with Crippen molar-refractivity contribution in [1.82, 2.24) is 4.90 Å². The third-order valence-corrected chi connectivity index (χ3v) is 3.95. The molecule has 1 unspecified atom stereocenters. The largest absolute Gasteiger partial charge is 0.481 e. The molecular weight excluding hydrogens is 284 g/mol. The number of carbonyl (C=O) groups is 3. The second-order valence-electron chi connectivity index (χ2n) is 5.95. The first kappa shape index (κ1) is 16.0. The first-order valence-corrected chi connectivity index (χ1v) is 7.22. The third kappa shape index (κ3) is 3.44. The molecule has 1 aromatic carbocycles. The maximum Gasteiger partial charge on any atom is 0.311 e. The van der Waals surface area contributed by atoms with Crippen molar-refractivity contribution in [3.05, 3.63) is 29.8 Å². The van der Waals surface area contributed by atoms with Crippen LogP contribution in [0.15, 0.2) is 24.3 Å². The molecule has 1 fully saturated rings. The quantitative estimate of drug-likeness (QED) is 0.894. The van der Waals surface area contributed by atoms with E-state index in [1.54, 1.807) is 36.1 Å². The first-order chi connectivity index (χ1) is 10.3. The van der Waals surface area contributed by atoms with E-state index in [0.717, 1.165) is 0 Å². The molecule has 1 atom stereocenters. The zero-order valence-electron chi connectivity index (χ0n) is 12.8. The summed E-state index contributed by atoms with van der Waals surface area (Å²) in [5.74, 6) is -1.22. The maximum atomic E-state index is 12.5. The Morgan fingerprint density at radius 2 is 1.86 bits per heavy atom. The predicted octanol–water partition coefficient (Wildman–Crippen LogP) is 1.97. The second-order valence-corrected chi connectivity index (χ2v) is 5.95. The van der Waals surface area contributed by atoms with Crippen LogP contribution in [-0.2, 0) is 9.59 Å². The van der Waals surface area contributed by atoms with E-state index < -0.39 is 11.4 Å². The highest BCUT2D eigenvalue weighted by Gasteiger charge is 2.39. The lowest BCUT2D eigenvalue weighted by Crippen LogP contribution is -2.48. The Balaban J connectivity index is 2.10. The van der Waals surface area contributed by atoms with Gasteiger partial charge in [0.05, 0.1) is 5.41 Å². The van der Waals surface area contributed by atoms with Gasteiger partial charge in [0.25, 0.3) is 5.91 Å². The van der Waals surface area contributed by atoms with Crippen LogP contribution in [0.25, 0.3) is 0 Å². The van der Waals surface area contributed by atoms with Gasteiger partial charge in [0.1, 0.15) is 0 Å². The number of piperidine rings is 1. The van der Waals surface area contributed by atoms with Crippen LogP contribution in [0.3, 0.4) is 0 Å². The molecule has 0 saturated carbocycles. The van der Waals surface area contributed by atoms with Crippen molar-refractivity contribution in [3.8, 4) is 0 Å². The molecule has 2 N–H and O–H groups in total. The Hall–Kier alpha value is -2.37. The van der Waals surface area contributed by atoms with Gasteiger partial charge in [0.2, 0.25) is 5.91 Å². The fraction of sp³-hybridized carbons (Fsp3) is 0.438. The van der Waals surface area contributed by atoms with E-state index in [9.17, 15) is 19.5 Å². The molecule has 2 rings (SSSR count). The minimum absolute atomic E-state index is 0.174. The maximum absolute atomic E-state index is 12.5. The molecule has 118 valence electrons. The van der Waals surface area contributed by atoms with E-state index in [0.29, 0.717) is 30.6 Å².